The van der Waals surface area contributed by atoms with E-state index in [1.807, 2.05) is 6.92 Å². The summed E-state index contributed by atoms with van der Waals surface area (Å²) >= 11 is 5.96. The van der Waals surface area contributed by atoms with Crippen molar-refractivity contribution in [1.29, 1.82) is 0 Å². The summed E-state index contributed by atoms with van der Waals surface area (Å²) < 4.78 is 37.7. The first-order valence-corrected chi connectivity index (χ1v) is 8.03. The smallest absolute Gasteiger partial charge is 0.345 e. The first-order valence-electron chi connectivity index (χ1n) is 7.65. The van der Waals surface area contributed by atoms with Gasteiger partial charge in [-0.15, -0.1) is 0 Å². The third-order valence-electron chi connectivity index (χ3n) is 3.40. The van der Waals surface area contributed by atoms with E-state index in [0.29, 0.717) is 22.8 Å². The number of hydrogen-bond acceptors (Lipinski definition) is 3. The Labute approximate surface area is 152 Å². The van der Waals surface area contributed by atoms with E-state index in [9.17, 15) is 22.8 Å². The molecule has 1 aromatic carbocycles. The normalized spacial score (nSPS) is 11.3. The number of halogens is 4. The highest BCUT2D eigenvalue weighted by molar-refractivity contribution is 6.30. The molecule has 6 nitrogen and oxygen atoms in total. The summed E-state index contributed by atoms with van der Waals surface area (Å²) in [5.41, 5.74) is 1.48. The molecule has 0 unspecified atom stereocenters. The number of hydrogen-bond donors (Lipinski definition) is 2. The minimum Gasteiger partial charge on any atom is -0.345 e. The molecule has 0 aliphatic rings. The molecule has 0 radical (unpaired) electrons. The number of alkyl halides is 3. The molecule has 2 rings (SSSR count). The van der Waals surface area contributed by atoms with E-state index >= 15 is 0 Å². The predicted octanol–water partition coefficient (Wildman–Crippen LogP) is 2.50. The van der Waals surface area contributed by atoms with Gasteiger partial charge in [0, 0.05) is 5.02 Å². The minimum absolute atomic E-state index is 0.232. The zero-order valence-electron chi connectivity index (χ0n) is 13.7. The van der Waals surface area contributed by atoms with Gasteiger partial charge in [-0.05, 0) is 24.6 Å². The largest absolute Gasteiger partial charge is 0.405 e. The lowest BCUT2D eigenvalue weighted by Gasteiger charge is -2.10. The van der Waals surface area contributed by atoms with Gasteiger partial charge in [0.25, 0.3) is 5.91 Å². The Kier molecular flexibility index (Phi) is 6.25. The lowest BCUT2D eigenvalue weighted by atomic mass is 10.2. The van der Waals surface area contributed by atoms with Gasteiger partial charge in [0.15, 0.2) is 0 Å². The van der Waals surface area contributed by atoms with Crippen LogP contribution in [0.5, 0.6) is 0 Å². The van der Waals surface area contributed by atoms with Crippen LogP contribution in [0.2, 0.25) is 5.02 Å². The molecule has 2 amide bonds. The summed E-state index contributed by atoms with van der Waals surface area (Å²) in [6, 6.07) is 6.89. The second-order valence-electron chi connectivity index (χ2n) is 5.32. The van der Waals surface area contributed by atoms with Crippen molar-refractivity contribution >= 4 is 23.4 Å². The van der Waals surface area contributed by atoms with Gasteiger partial charge >= 0.3 is 6.18 Å². The molecule has 0 spiro atoms. The first kappa shape index (κ1) is 19.8. The molecule has 10 heteroatoms. The van der Waals surface area contributed by atoms with Crippen LogP contribution in [0.3, 0.4) is 0 Å². The Bertz CT molecular complexity index is 805. The molecule has 2 N–H and O–H groups in total. The van der Waals surface area contributed by atoms with Gasteiger partial charge in [-0.1, -0.05) is 24.6 Å². The number of benzene rings is 1. The second kappa shape index (κ2) is 8.22. The van der Waals surface area contributed by atoms with Crippen LogP contribution in [0.25, 0.3) is 5.69 Å². The fourth-order valence-corrected chi connectivity index (χ4v) is 2.44. The Balaban J connectivity index is 2.07. The topological polar surface area (TPSA) is 76.0 Å². The number of amides is 2. The highest BCUT2D eigenvalue weighted by Gasteiger charge is 2.27. The van der Waals surface area contributed by atoms with Crippen LogP contribution in [0.1, 0.15) is 23.0 Å². The summed E-state index contributed by atoms with van der Waals surface area (Å²) in [6.07, 6.45) is -2.70. The van der Waals surface area contributed by atoms with E-state index in [4.69, 9.17) is 11.6 Å². The van der Waals surface area contributed by atoms with Crippen molar-refractivity contribution in [3.05, 3.63) is 46.7 Å². The first-order chi connectivity index (χ1) is 12.2. The van der Waals surface area contributed by atoms with Gasteiger partial charge < -0.3 is 10.6 Å². The van der Waals surface area contributed by atoms with Crippen LogP contribution >= 0.6 is 11.6 Å². The van der Waals surface area contributed by atoms with Crippen LogP contribution in [-0.4, -0.2) is 40.9 Å². The maximum absolute atomic E-state index is 12.2. The quantitative estimate of drug-likeness (QED) is 0.798. The van der Waals surface area contributed by atoms with Crippen molar-refractivity contribution in [2.45, 2.75) is 19.5 Å². The molecule has 0 fully saturated rings. The maximum atomic E-state index is 12.2. The zero-order chi connectivity index (χ0) is 19.3. The SMILES string of the molecule is CCc1c(C(=O)NCC(=O)NCC(F)(F)F)cnn1-c1cccc(Cl)c1. The van der Waals surface area contributed by atoms with Crippen molar-refractivity contribution in [3.63, 3.8) is 0 Å². The minimum atomic E-state index is -4.51. The molecule has 0 saturated carbocycles. The molecule has 140 valence electrons. The highest BCUT2D eigenvalue weighted by Crippen LogP contribution is 2.19. The Morgan fingerprint density at radius 3 is 2.62 bits per heavy atom. The summed E-state index contributed by atoms with van der Waals surface area (Å²) in [6.45, 7) is -0.195. The molecular formula is C16H16ClF3N4O2. The molecule has 0 bridgehead atoms. The van der Waals surface area contributed by atoms with E-state index in [2.05, 4.69) is 10.4 Å². The molecule has 0 aliphatic heterocycles. The number of rotatable bonds is 6. The van der Waals surface area contributed by atoms with Crippen molar-refractivity contribution in [2.75, 3.05) is 13.1 Å². The van der Waals surface area contributed by atoms with Gasteiger partial charge in [0.05, 0.1) is 29.7 Å². The van der Waals surface area contributed by atoms with Gasteiger partial charge in [-0.25, -0.2) is 4.68 Å². The third-order valence-corrected chi connectivity index (χ3v) is 3.63. The lowest BCUT2D eigenvalue weighted by molar-refractivity contribution is -0.137. The van der Waals surface area contributed by atoms with Crippen LogP contribution in [0.4, 0.5) is 13.2 Å². The lowest BCUT2D eigenvalue weighted by Crippen LogP contribution is -2.41. The standard InChI is InChI=1S/C16H16ClF3N4O2/c1-2-13-12(7-23-24(13)11-5-3-4-10(17)6-11)15(26)21-8-14(25)22-9-16(18,19)20/h3-7H,2,8-9H2,1H3,(H,21,26)(H,22,25). The fraction of sp³-hybridized carbons (Fsp3) is 0.312. The van der Waals surface area contributed by atoms with Crippen molar-refractivity contribution in [3.8, 4) is 5.69 Å². The monoisotopic (exact) mass is 388 g/mol. The average molecular weight is 389 g/mol. The number of carbonyl (C=O) groups is 2. The number of nitrogens with zero attached hydrogens (tertiary/aromatic N) is 2. The summed E-state index contributed by atoms with van der Waals surface area (Å²) in [7, 11) is 0. The van der Waals surface area contributed by atoms with Crippen molar-refractivity contribution in [2.24, 2.45) is 0 Å². The van der Waals surface area contributed by atoms with E-state index in [1.165, 1.54) is 6.20 Å². The second-order valence-corrected chi connectivity index (χ2v) is 5.76. The molecule has 1 aromatic heterocycles. The average Bonchev–Trinajstić information content (AvgIpc) is 3.01. The van der Waals surface area contributed by atoms with E-state index in [-0.39, 0.29) is 5.56 Å². The summed E-state index contributed by atoms with van der Waals surface area (Å²) in [4.78, 5) is 23.6. The Morgan fingerprint density at radius 2 is 2.00 bits per heavy atom. The molecule has 26 heavy (non-hydrogen) atoms. The van der Waals surface area contributed by atoms with Crippen molar-refractivity contribution < 1.29 is 22.8 Å². The fourth-order valence-electron chi connectivity index (χ4n) is 2.25. The van der Waals surface area contributed by atoms with E-state index in [1.54, 1.807) is 34.3 Å². The van der Waals surface area contributed by atoms with Gasteiger partial charge in [-0.2, -0.15) is 18.3 Å². The van der Waals surface area contributed by atoms with Gasteiger partial charge in [-0.3, -0.25) is 9.59 Å². The number of carbonyl (C=O) groups excluding carboxylic acids is 2. The van der Waals surface area contributed by atoms with E-state index < -0.39 is 31.1 Å². The van der Waals surface area contributed by atoms with E-state index in [0.717, 1.165) is 0 Å². The van der Waals surface area contributed by atoms with Gasteiger partial charge in [0.1, 0.15) is 6.54 Å². The summed E-state index contributed by atoms with van der Waals surface area (Å²) in [5, 5.41) is 8.64. The molecular weight excluding hydrogens is 373 g/mol. The maximum Gasteiger partial charge on any atom is 0.405 e. The molecule has 0 saturated heterocycles. The van der Waals surface area contributed by atoms with Crippen LogP contribution < -0.4 is 10.6 Å². The molecule has 0 atom stereocenters. The molecule has 1 heterocycles. The Morgan fingerprint density at radius 1 is 1.27 bits per heavy atom. The number of nitrogens with one attached hydrogen (secondary N) is 2. The van der Waals surface area contributed by atoms with Crippen LogP contribution in [-0.2, 0) is 11.2 Å². The summed E-state index contributed by atoms with van der Waals surface area (Å²) in [5.74, 6) is -1.53. The van der Waals surface area contributed by atoms with Crippen molar-refractivity contribution in [1.82, 2.24) is 20.4 Å². The Hall–Kier alpha value is -2.55. The molecule has 2 aromatic rings. The predicted molar refractivity (Wildman–Crippen MR) is 89.3 cm³/mol. The zero-order valence-corrected chi connectivity index (χ0v) is 14.5. The highest BCUT2D eigenvalue weighted by atomic mass is 35.5. The van der Waals surface area contributed by atoms with Crippen LogP contribution in [0.15, 0.2) is 30.5 Å². The number of aromatic nitrogens is 2. The third kappa shape index (κ3) is 5.22. The van der Waals surface area contributed by atoms with Gasteiger partial charge in [0.2, 0.25) is 5.91 Å². The molecule has 0 aliphatic carbocycles. The van der Waals surface area contributed by atoms with Crippen LogP contribution in [0, 0.1) is 0 Å².